The third-order valence-electron chi connectivity index (χ3n) is 4.48. The van der Waals surface area contributed by atoms with Gasteiger partial charge in [0.15, 0.2) is 0 Å². The standard InChI is InChI=1S/C19H17F2NO3/c1-10(2)22-17(14-8-7-11(20)9-15(14)21)16(19(24)25)12-5-3-4-6-13(12)18(22)23/h3-10,16-17H,1-2H3,(H,24,25). The number of hydrogen-bond donors (Lipinski definition) is 1. The quantitative estimate of drug-likeness (QED) is 0.922. The Morgan fingerprint density at radius 3 is 2.40 bits per heavy atom. The minimum absolute atomic E-state index is 0.00893. The third-order valence-corrected chi connectivity index (χ3v) is 4.48. The van der Waals surface area contributed by atoms with Gasteiger partial charge in [-0.25, -0.2) is 8.78 Å². The van der Waals surface area contributed by atoms with E-state index in [9.17, 15) is 23.5 Å². The van der Waals surface area contributed by atoms with E-state index in [1.165, 1.54) is 11.0 Å². The molecule has 0 saturated heterocycles. The van der Waals surface area contributed by atoms with Gasteiger partial charge in [-0.15, -0.1) is 0 Å². The second kappa shape index (κ2) is 6.27. The van der Waals surface area contributed by atoms with Crippen LogP contribution in [-0.4, -0.2) is 27.9 Å². The van der Waals surface area contributed by atoms with Gasteiger partial charge in [-0.3, -0.25) is 9.59 Å². The van der Waals surface area contributed by atoms with Crippen molar-refractivity contribution in [1.29, 1.82) is 0 Å². The topological polar surface area (TPSA) is 57.6 Å². The van der Waals surface area contributed by atoms with Gasteiger partial charge in [0.25, 0.3) is 5.91 Å². The van der Waals surface area contributed by atoms with Crippen LogP contribution in [-0.2, 0) is 4.79 Å². The maximum absolute atomic E-state index is 14.4. The molecule has 2 aromatic rings. The number of rotatable bonds is 3. The fourth-order valence-corrected chi connectivity index (χ4v) is 3.45. The van der Waals surface area contributed by atoms with E-state index in [-0.39, 0.29) is 17.5 Å². The van der Waals surface area contributed by atoms with Gasteiger partial charge in [-0.05, 0) is 31.5 Å². The van der Waals surface area contributed by atoms with Crippen LogP contribution in [0.25, 0.3) is 0 Å². The van der Waals surface area contributed by atoms with Gasteiger partial charge in [0.2, 0.25) is 0 Å². The van der Waals surface area contributed by atoms with Gasteiger partial charge < -0.3 is 10.0 Å². The summed E-state index contributed by atoms with van der Waals surface area (Å²) in [5.74, 6) is -4.30. The highest BCUT2D eigenvalue weighted by molar-refractivity contribution is 6.00. The van der Waals surface area contributed by atoms with Gasteiger partial charge >= 0.3 is 5.97 Å². The van der Waals surface area contributed by atoms with Crippen molar-refractivity contribution in [3.8, 4) is 0 Å². The summed E-state index contributed by atoms with van der Waals surface area (Å²) in [4.78, 5) is 26.3. The number of carboxylic acids is 1. The zero-order valence-electron chi connectivity index (χ0n) is 13.7. The lowest BCUT2D eigenvalue weighted by molar-refractivity contribution is -0.140. The first kappa shape index (κ1) is 17.1. The van der Waals surface area contributed by atoms with Crippen LogP contribution in [0.15, 0.2) is 42.5 Å². The van der Waals surface area contributed by atoms with Crippen molar-refractivity contribution in [2.75, 3.05) is 0 Å². The van der Waals surface area contributed by atoms with Gasteiger partial charge in [0, 0.05) is 23.2 Å². The van der Waals surface area contributed by atoms with Crippen molar-refractivity contribution in [1.82, 2.24) is 4.90 Å². The van der Waals surface area contributed by atoms with Crippen LogP contribution in [0.1, 0.15) is 47.3 Å². The van der Waals surface area contributed by atoms with Gasteiger partial charge in [-0.2, -0.15) is 0 Å². The van der Waals surface area contributed by atoms with Crippen LogP contribution in [0.4, 0.5) is 8.78 Å². The van der Waals surface area contributed by atoms with E-state index < -0.39 is 29.6 Å². The molecular weight excluding hydrogens is 328 g/mol. The summed E-state index contributed by atoms with van der Waals surface area (Å²) in [6.45, 7) is 3.47. The predicted octanol–water partition coefficient (Wildman–Crippen LogP) is 3.74. The summed E-state index contributed by atoms with van der Waals surface area (Å²) in [6, 6.07) is 8.01. The smallest absolute Gasteiger partial charge is 0.313 e. The number of nitrogens with zero attached hydrogens (tertiary/aromatic N) is 1. The van der Waals surface area contributed by atoms with Crippen LogP contribution in [0.3, 0.4) is 0 Å². The highest BCUT2D eigenvalue weighted by atomic mass is 19.1. The number of carbonyl (C=O) groups excluding carboxylic acids is 1. The van der Waals surface area contributed by atoms with Crippen molar-refractivity contribution in [3.05, 3.63) is 70.8 Å². The summed E-state index contributed by atoms with van der Waals surface area (Å²) in [6.07, 6.45) is 0. The fourth-order valence-electron chi connectivity index (χ4n) is 3.45. The molecule has 0 bridgehead atoms. The second-order valence-corrected chi connectivity index (χ2v) is 6.32. The van der Waals surface area contributed by atoms with Crippen molar-refractivity contribution >= 4 is 11.9 Å². The van der Waals surface area contributed by atoms with E-state index in [1.54, 1.807) is 38.1 Å². The molecule has 1 amide bonds. The molecule has 1 heterocycles. The third kappa shape index (κ3) is 2.77. The Bertz CT molecular complexity index is 850. The van der Waals surface area contributed by atoms with Crippen LogP contribution >= 0.6 is 0 Å². The van der Waals surface area contributed by atoms with E-state index in [2.05, 4.69) is 0 Å². The molecule has 0 saturated carbocycles. The van der Waals surface area contributed by atoms with Crippen LogP contribution in [0, 0.1) is 11.6 Å². The van der Waals surface area contributed by atoms with Crippen LogP contribution in [0.5, 0.6) is 0 Å². The molecular formula is C19H17F2NO3. The number of amides is 1. The molecule has 6 heteroatoms. The largest absolute Gasteiger partial charge is 0.481 e. The molecule has 0 aromatic heterocycles. The Kier molecular flexibility index (Phi) is 4.29. The summed E-state index contributed by atoms with van der Waals surface area (Å²) in [5.41, 5.74) is 0.623. The maximum atomic E-state index is 14.4. The zero-order chi connectivity index (χ0) is 18.3. The average molecular weight is 345 g/mol. The van der Waals surface area contributed by atoms with E-state index >= 15 is 0 Å². The zero-order valence-corrected chi connectivity index (χ0v) is 13.7. The number of aliphatic carboxylic acids is 1. The molecule has 0 fully saturated rings. The monoisotopic (exact) mass is 345 g/mol. The molecule has 3 rings (SSSR count). The summed E-state index contributed by atoms with van der Waals surface area (Å²) in [7, 11) is 0. The lowest BCUT2D eigenvalue weighted by Gasteiger charge is -2.43. The van der Waals surface area contributed by atoms with Crippen molar-refractivity contribution in [2.24, 2.45) is 0 Å². The number of carboxylic acid groups (broad SMARTS) is 1. The number of benzene rings is 2. The molecule has 0 spiro atoms. The van der Waals surface area contributed by atoms with E-state index in [0.29, 0.717) is 17.2 Å². The SMILES string of the molecule is CC(C)N1C(=O)c2ccccc2C(C(=O)O)C1c1ccc(F)cc1F. The Hall–Kier alpha value is -2.76. The molecule has 2 atom stereocenters. The molecule has 1 aliphatic rings. The first-order chi connectivity index (χ1) is 11.8. The molecule has 2 aromatic carbocycles. The van der Waals surface area contributed by atoms with Crippen LogP contribution < -0.4 is 0 Å². The first-order valence-corrected chi connectivity index (χ1v) is 7.92. The minimum Gasteiger partial charge on any atom is -0.481 e. The fraction of sp³-hybridized carbons (Fsp3) is 0.263. The van der Waals surface area contributed by atoms with E-state index in [1.807, 2.05) is 0 Å². The molecule has 2 unspecified atom stereocenters. The van der Waals surface area contributed by atoms with E-state index in [0.717, 1.165) is 6.07 Å². The minimum atomic E-state index is -1.17. The molecule has 1 aliphatic heterocycles. The summed E-state index contributed by atoms with van der Waals surface area (Å²) < 4.78 is 27.7. The lowest BCUT2D eigenvalue weighted by Crippen LogP contribution is -2.48. The maximum Gasteiger partial charge on any atom is 0.313 e. The van der Waals surface area contributed by atoms with Gasteiger partial charge in [0.1, 0.15) is 17.6 Å². The summed E-state index contributed by atoms with van der Waals surface area (Å²) in [5, 5.41) is 9.81. The lowest BCUT2D eigenvalue weighted by atomic mass is 9.79. The second-order valence-electron chi connectivity index (χ2n) is 6.32. The van der Waals surface area contributed by atoms with Crippen molar-refractivity contribution in [3.63, 3.8) is 0 Å². The number of carbonyl (C=O) groups is 2. The molecule has 1 N–H and O–H groups in total. The predicted molar refractivity (Wildman–Crippen MR) is 87.2 cm³/mol. The Balaban J connectivity index is 2.28. The highest BCUT2D eigenvalue weighted by Gasteiger charge is 2.46. The average Bonchev–Trinajstić information content (AvgIpc) is 2.54. The first-order valence-electron chi connectivity index (χ1n) is 7.92. The van der Waals surface area contributed by atoms with Crippen molar-refractivity contribution in [2.45, 2.75) is 31.8 Å². The molecule has 130 valence electrons. The summed E-state index contributed by atoms with van der Waals surface area (Å²) >= 11 is 0. The normalized spacial score (nSPS) is 19.9. The molecule has 0 radical (unpaired) electrons. The molecule has 4 nitrogen and oxygen atoms in total. The Morgan fingerprint density at radius 1 is 1.12 bits per heavy atom. The Labute approximate surface area is 143 Å². The number of fused-ring (bicyclic) bond motifs is 1. The Morgan fingerprint density at radius 2 is 1.80 bits per heavy atom. The van der Waals surface area contributed by atoms with Crippen LogP contribution in [0.2, 0.25) is 0 Å². The van der Waals surface area contributed by atoms with Crippen molar-refractivity contribution < 1.29 is 23.5 Å². The molecule has 0 aliphatic carbocycles. The van der Waals surface area contributed by atoms with Gasteiger partial charge in [0.05, 0.1) is 6.04 Å². The number of halogens is 2. The highest BCUT2D eigenvalue weighted by Crippen LogP contribution is 2.44. The number of hydrogen-bond acceptors (Lipinski definition) is 2. The van der Waals surface area contributed by atoms with Gasteiger partial charge in [-0.1, -0.05) is 24.3 Å². The van der Waals surface area contributed by atoms with E-state index in [4.69, 9.17) is 0 Å². The molecule has 25 heavy (non-hydrogen) atoms.